The first-order valence-electron chi connectivity index (χ1n) is 10.2. The molecule has 1 aliphatic heterocycles. The number of rotatable bonds is 6. The molecule has 0 radical (unpaired) electrons. The van der Waals surface area contributed by atoms with Gasteiger partial charge in [-0.05, 0) is 42.7 Å². The third kappa shape index (κ3) is 4.45. The standard InChI is InChI=1S/C24H29N5/c1-18-21(22-10-3-4-11-23(22)28-18)12-13-26-24(25-2)27-17-19-8-7-9-20(16-19)29-14-5-6-15-29/h3-11,16,28H,12-15,17H2,1-2H3,(H2,25,26,27). The minimum Gasteiger partial charge on any atom is -0.364 e. The molecule has 0 spiro atoms. The van der Waals surface area contributed by atoms with Crippen molar-refractivity contribution in [3.63, 3.8) is 0 Å². The number of hydrogen-bond donors (Lipinski definition) is 3. The van der Waals surface area contributed by atoms with E-state index in [1.807, 2.05) is 7.05 Å². The first-order valence-corrected chi connectivity index (χ1v) is 10.2. The SMILES string of the molecule is CN=C(NCCc1c(C)[nH]c2ccccc12)NCc1cccc(N2CC=CC2)c1. The van der Waals surface area contributed by atoms with Crippen molar-refractivity contribution in [2.45, 2.75) is 19.9 Å². The highest BCUT2D eigenvalue weighted by atomic mass is 15.2. The molecule has 0 fully saturated rings. The molecule has 150 valence electrons. The number of nitrogens with zero attached hydrogens (tertiary/aromatic N) is 2. The van der Waals surface area contributed by atoms with Crippen LogP contribution in [0.5, 0.6) is 0 Å². The van der Waals surface area contributed by atoms with Gasteiger partial charge < -0.3 is 20.5 Å². The maximum absolute atomic E-state index is 4.37. The highest BCUT2D eigenvalue weighted by Gasteiger charge is 2.09. The van der Waals surface area contributed by atoms with Crippen LogP contribution < -0.4 is 15.5 Å². The summed E-state index contributed by atoms with van der Waals surface area (Å²) in [6.45, 7) is 5.72. The van der Waals surface area contributed by atoms with Gasteiger partial charge in [0.25, 0.3) is 0 Å². The topological polar surface area (TPSA) is 55.5 Å². The molecular formula is C24H29N5. The summed E-state index contributed by atoms with van der Waals surface area (Å²) >= 11 is 0. The quantitative estimate of drug-likeness (QED) is 0.343. The van der Waals surface area contributed by atoms with Crippen molar-refractivity contribution < 1.29 is 0 Å². The fraction of sp³-hybridized carbons (Fsp3) is 0.292. The molecule has 1 aliphatic rings. The number of benzene rings is 2. The Morgan fingerprint density at radius 2 is 1.90 bits per heavy atom. The highest BCUT2D eigenvalue weighted by molar-refractivity contribution is 5.84. The maximum Gasteiger partial charge on any atom is 0.191 e. The van der Waals surface area contributed by atoms with Crippen molar-refractivity contribution >= 4 is 22.5 Å². The summed E-state index contributed by atoms with van der Waals surface area (Å²) in [5.74, 6) is 0.829. The molecule has 0 saturated heterocycles. The van der Waals surface area contributed by atoms with Crippen molar-refractivity contribution in [2.75, 3.05) is 31.6 Å². The van der Waals surface area contributed by atoms with Gasteiger partial charge in [-0.1, -0.05) is 42.5 Å². The summed E-state index contributed by atoms with van der Waals surface area (Å²) in [4.78, 5) is 10.2. The average molecular weight is 388 g/mol. The predicted octanol–water partition coefficient (Wildman–Crippen LogP) is 3.76. The van der Waals surface area contributed by atoms with Crippen LogP contribution in [-0.4, -0.2) is 37.6 Å². The molecule has 3 N–H and O–H groups in total. The Morgan fingerprint density at radius 3 is 2.72 bits per heavy atom. The van der Waals surface area contributed by atoms with Gasteiger partial charge in [0, 0.05) is 55.5 Å². The van der Waals surface area contributed by atoms with Crippen LogP contribution in [0.2, 0.25) is 0 Å². The average Bonchev–Trinajstić information content (AvgIpc) is 3.39. The summed E-state index contributed by atoms with van der Waals surface area (Å²) in [6.07, 6.45) is 5.38. The number of H-pyrrole nitrogens is 1. The fourth-order valence-corrected chi connectivity index (χ4v) is 3.92. The third-order valence-electron chi connectivity index (χ3n) is 5.47. The lowest BCUT2D eigenvalue weighted by atomic mass is 10.1. The summed E-state index contributed by atoms with van der Waals surface area (Å²) < 4.78 is 0. The molecule has 29 heavy (non-hydrogen) atoms. The molecular weight excluding hydrogens is 358 g/mol. The summed E-state index contributed by atoms with van der Waals surface area (Å²) in [6, 6.07) is 17.2. The molecule has 0 bridgehead atoms. The molecule has 3 aromatic rings. The van der Waals surface area contributed by atoms with Crippen molar-refractivity contribution in [2.24, 2.45) is 4.99 Å². The summed E-state index contributed by atoms with van der Waals surface area (Å²) in [5, 5.41) is 8.18. The lowest BCUT2D eigenvalue weighted by Gasteiger charge is -2.19. The number of hydrogen-bond acceptors (Lipinski definition) is 2. The molecule has 5 nitrogen and oxygen atoms in total. The van der Waals surface area contributed by atoms with Crippen LogP contribution in [0, 0.1) is 6.92 Å². The largest absolute Gasteiger partial charge is 0.364 e. The number of nitrogens with one attached hydrogen (secondary N) is 3. The summed E-state index contributed by atoms with van der Waals surface area (Å²) in [5.41, 5.74) is 6.34. The zero-order valence-corrected chi connectivity index (χ0v) is 17.2. The van der Waals surface area contributed by atoms with Crippen molar-refractivity contribution in [1.82, 2.24) is 15.6 Å². The smallest absolute Gasteiger partial charge is 0.191 e. The van der Waals surface area contributed by atoms with Gasteiger partial charge >= 0.3 is 0 Å². The Balaban J connectivity index is 1.31. The monoisotopic (exact) mass is 387 g/mol. The van der Waals surface area contributed by atoms with Crippen LogP contribution in [-0.2, 0) is 13.0 Å². The number of aromatic amines is 1. The number of fused-ring (bicyclic) bond motifs is 1. The molecule has 0 unspecified atom stereocenters. The van der Waals surface area contributed by atoms with Crippen LogP contribution in [0.4, 0.5) is 5.69 Å². The zero-order valence-electron chi connectivity index (χ0n) is 17.2. The van der Waals surface area contributed by atoms with Gasteiger partial charge in [-0.2, -0.15) is 0 Å². The van der Waals surface area contributed by atoms with Crippen LogP contribution in [0.3, 0.4) is 0 Å². The molecule has 2 heterocycles. The number of para-hydroxylation sites is 1. The predicted molar refractivity (Wildman–Crippen MR) is 123 cm³/mol. The van der Waals surface area contributed by atoms with E-state index in [0.29, 0.717) is 0 Å². The Labute approximate surface area is 172 Å². The van der Waals surface area contributed by atoms with E-state index in [1.165, 1.54) is 33.4 Å². The van der Waals surface area contributed by atoms with E-state index in [-0.39, 0.29) is 0 Å². The molecule has 0 saturated carbocycles. The Kier molecular flexibility index (Phi) is 5.84. The zero-order chi connectivity index (χ0) is 20.1. The molecule has 5 heteroatoms. The van der Waals surface area contributed by atoms with Crippen molar-refractivity contribution in [1.29, 1.82) is 0 Å². The number of aryl methyl sites for hydroxylation is 1. The van der Waals surface area contributed by atoms with E-state index < -0.39 is 0 Å². The molecule has 0 amide bonds. The number of aliphatic imine (C=N–C) groups is 1. The van der Waals surface area contributed by atoms with E-state index in [4.69, 9.17) is 0 Å². The molecule has 1 aromatic heterocycles. The van der Waals surface area contributed by atoms with E-state index in [9.17, 15) is 0 Å². The number of anilines is 1. The molecule has 0 atom stereocenters. The van der Waals surface area contributed by atoms with Crippen LogP contribution in [0.15, 0.2) is 65.7 Å². The molecule has 2 aromatic carbocycles. The fourth-order valence-electron chi connectivity index (χ4n) is 3.92. The van der Waals surface area contributed by atoms with E-state index in [2.05, 4.69) is 93.1 Å². The van der Waals surface area contributed by atoms with Crippen LogP contribution in [0.25, 0.3) is 10.9 Å². The second kappa shape index (κ2) is 8.86. The van der Waals surface area contributed by atoms with Gasteiger partial charge in [-0.15, -0.1) is 0 Å². The van der Waals surface area contributed by atoms with Gasteiger partial charge in [-0.3, -0.25) is 4.99 Å². The van der Waals surface area contributed by atoms with E-state index >= 15 is 0 Å². The van der Waals surface area contributed by atoms with Gasteiger partial charge in [0.1, 0.15) is 0 Å². The number of aromatic nitrogens is 1. The second-order valence-corrected chi connectivity index (χ2v) is 7.42. The van der Waals surface area contributed by atoms with E-state index in [1.54, 1.807) is 0 Å². The normalized spacial score (nSPS) is 14.0. The molecule has 4 rings (SSSR count). The van der Waals surface area contributed by atoms with Crippen molar-refractivity contribution in [3.05, 3.63) is 77.5 Å². The minimum atomic E-state index is 0.751. The lowest BCUT2D eigenvalue weighted by Crippen LogP contribution is -2.37. The van der Waals surface area contributed by atoms with E-state index in [0.717, 1.165) is 38.6 Å². The van der Waals surface area contributed by atoms with Crippen LogP contribution in [0.1, 0.15) is 16.8 Å². The highest BCUT2D eigenvalue weighted by Crippen LogP contribution is 2.22. The van der Waals surface area contributed by atoms with Gasteiger partial charge in [-0.25, -0.2) is 0 Å². The molecule has 0 aliphatic carbocycles. The first kappa shape index (κ1) is 19.1. The number of guanidine groups is 1. The van der Waals surface area contributed by atoms with Gasteiger partial charge in [0.15, 0.2) is 5.96 Å². The Bertz CT molecular complexity index is 1020. The summed E-state index contributed by atoms with van der Waals surface area (Å²) in [7, 11) is 1.82. The maximum atomic E-state index is 4.37. The van der Waals surface area contributed by atoms with Gasteiger partial charge in [0.05, 0.1) is 0 Å². The Hall–Kier alpha value is -3.21. The Morgan fingerprint density at radius 1 is 1.07 bits per heavy atom. The minimum absolute atomic E-state index is 0.751. The van der Waals surface area contributed by atoms with Crippen molar-refractivity contribution in [3.8, 4) is 0 Å². The first-order chi connectivity index (χ1) is 14.2. The van der Waals surface area contributed by atoms with Gasteiger partial charge in [0.2, 0.25) is 0 Å². The second-order valence-electron chi connectivity index (χ2n) is 7.42. The van der Waals surface area contributed by atoms with Crippen LogP contribution >= 0.6 is 0 Å². The lowest BCUT2D eigenvalue weighted by molar-refractivity contribution is 0.794. The third-order valence-corrected chi connectivity index (χ3v) is 5.47.